The number of benzene rings is 1. The Kier molecular flexibility index (Phi) is 5.79. The molecule has 1 saturated heterocycles. The summed E-state index contributed by atoms with van der Waals surface area (Å²) in [6.07, 6.45) is 5.08. The van der Waals surface area contributed by atoms with Crippen molar-refractivity contribution in [2.24, 2.45) is 5.92 Å². The molecule has 2 amide bonds. The molecule has 1 aromatic carbocycles. The number of halogens is 2. The predicted molar refractivity (Wildman–Crippen MR) is 109 cm³/mol. The van der Waals surface area contributed by atoms with Crippen molar-refractivity contribution in [2.75, 3.05) is 20.1 Å². The number of Topliss-reactive ketones (excluding diaryl/α,β-unsaturated/α-hetero) is 1. The van der Waals surface area contributed by atoms with Crippen LogP contribution in [0.25, 0.3) is 11.1 Å². The number of amides is 2. The number of likely N-dealkylation sites (N-methyl/N-ethyl adjacent to an activating group) is 1. The fraction of sp³-hybridized carbons (Fsp3) is 0.435. The molecule has 2 aliphatic rings. The van der Waals surface area contributed by atoms with E-state index in [4.69, 9.17) is 0 Å². The van der Waals surface area contributed by atoms with E-state index in [9.17, 15) is 18.4 Å². The Hall–Kier alpha value is -2.83. The first kappa shape index (κ1) is 20.4. The summed E-state index contributed by atoms with van der Waals surface area (Å²) < 4.78 is 26.8. The van der Waals surface area contributed by atoms with E-state index in [1.54, 1.807) is 23.2 Å². The number of carbonyl (C=O) groups is 2. The first-order valence-corrected chi connectivity index (χ1v) is 10.4. The third-order valence-corrected chi connectivity index (χ3v) is 6.22. The molecule has 0 atom stereocenters. The Morgan fingerprint density at radius 2 is 1.73 bits per heavy atom. The van der Waals surface area contributed by atoms with Crippen LogP contribution in [0.3, 0.4) is 0 Å². The summed E-state index contributed by atoms with van der Waals surface area (Å²) in [5.74, 6) is -1.12. The van der Waals surface area contributed by atoms with Crippen molar-refractivity contribution in [3.63, 3.8) is 0 Å². The highest BCUT2D eigenvalue weighted by Crippen LogP contribution is 2.30. The van der Waals surface area contributed by atoms with Crippen LogP contribution < -0.4 is 0 Å². The van der Waals surface area contributed by atoms with E-state index in [1.807, 2.05) is 11.9 Å². The van der Waals surface area contributed by atoms with Gasteiger partial charge in [-0.2, -0.15) is 0 Å². The van der Waals surface area contributed by atoms with Crippen molar-refractivity contribution in [2.45, 2.75) is 38.1 Å². The number of nitrogens with zero attached hydrogens (tertiary/aromatic N) is 3. The number of hydrogen-bond acceptors (Lipinski definition) is 3. The average Bonchev–Trinajstić information content (AvgIpc) is 3.06. The number of urea groups is 1. The van der Waals surface area contributed by atoms with Gasteiger partial charge in [-0.25, -0.2) is 13.6 Å². The monoisotopic (exact) mass is 413 g/mol. The van der Waals surface area contributed by atoms with Crippen LogP contribution >= 0.6 is 0 Å². The molecule has 0 radical (unpaired) electrons. The molecule has 2 heterocycles. The summed E-state index contributed by atoms with van der Waals surface area (Å²) in [5.41, 5.74) is 1.67. The van der Waals surface area contributed by atoms with Crippen LogP contribution in [-0.4, -0.2) is 52.8 Å². The van der Waals surface area contributed by atoms with Gasteiger partial charge >= 0.3 is 6.03 Å². The van der Waals surface area contributed by atoms with Crippen molar-refractivity contribution in [1.29, 1.82) is 0 Å². The van der Waals surface area contributed by atoms with E-state index in [0.29, 0.717) is 16.8 Å². The van der Waals surface area contributed by atoms with Crippen LogP contribution in [0, 0.1) is 17.6 Å². The summed E-state index contributed by atoms with van der Waals surface area (Å²) in [4.78, 5) is 32.9. The lowest BCUT2D eigenvalue weighted by atomic mass is 9.82. The molecule has 1 aliphatic carbocycles. The van der Waals surface area contributed by atoms with Crippen molar-refractivity contribution in [1.82, 2.24) is 14.8 Å². The molecule has 30 heavy (non-hydrogen) atoms. The predicted octanol–water partition coefficient (Wildman–Crippen LogP) is 4.06. The van der Waals surface area contributed by atoms with E-state index < -0.39 is 11.6 Å². The molecule has 7 heteroatoms. The van der Waals surface area contributed by atoms with Crippen molar-refractivity contribution >= 4 is 11.8 Å². The molecule has 0 unspecified atom stereocenters. The molecule has 4 rings (SSSR count). The maximum absolute atomic E-state index is 13.4. The van der Waals surface area contributed by atoms with Crippen LogP contribution in [0.2, 0.25) is 0 Å². The van der Waals surface area contributed by atoms with Gasteiger partial charge in [0.1, 0.15) is 17.4 Å². The minimum atomic E-state index is -0.637. The smallest absolute Gasteiger partial charge is 0.320 e. The molecule has 1 saturated carbocycles. The highest BCUT2D eigenvalue weighted by atomic mass is 19.1. The molecule has 0 bridgehead atoms. The highest BCUT2D eigenvalue weighted by Gasteiger charge is 2.35. The van der Waals surface area contributed by atoms with E-state index in [1.165, 1.54) is 12.1 Å². The van der Waals surface area contributed by atoms with Crippen molar-refractivity contribution in [3.05, 3.63) is 53.9 Å². The highest BCUT2D eigenvalue weighted by molar-refractivity contribution is 5.83. The van der Waals surface area contributed by atoms with Crippen LogP contribution in [0.1, 0.15) is 31.4 Å². The van der Waals surface area contributed by atoms with Gasteiger partial charge in [-0.15, -0.1) is 0 Å². The van der Waals surface area contributed by atoms with Gasteiger partial charge in [0.25, 0.3) is 0 Å². The third-order valence-electron chi connectivity index (χ3n) is 6.22. The largest absolute Gasteiger partial charge is 0.326 e. The second-order valence-corrected chi connectivity index (χ2v) is 8.24. The Morgan fingerprint density at radius 3 is 2.30 bits per heavy atom. The van der Waals surface area contributed by atoms with Crippen LogP contribution in [0.15, 0.2) is 36.5 Å². The van der Waals surface area contributed by atoms with E-state index in [-0.39, 0.29) is 30.2 Å². The summed E-state index contributed by atoms with van der Waals surface area (Å²) in [5, 5.41) is 0. The third kappa shape index (κ3) is 4.35. The van der Waals surface area contributed by atoms with E-state index in [2.05, 4.69) is 4.98 Å². The number of rotatable bonds is 5. The fourth-order valence-electron chi connectivity index (χ4n) is 4.46. The first-order chi connectivity index (χ1) is 14.4. The minimum Gasteiger partial charge on any atom is -0.326 e. The number of aromatic nitrogens is 1. The quantitative estimate of drug-likeness (QED) is 0.743. The topological polar surface area (TPSA) is 53.5 Å². The molecule has 158 valence electrons. The fourth-order valence-corrected chi connectivity index (χ4v) is 4.46. The minimum absolute atomic E-state index is 0.00419. The van der Waals surface area contributed by atoms with Crippen LogP contribution in [0.5, 0.6) is 0 Å². The lowest BCUT2D eigenvalue weighted by Crippen LogP contribution is -2.41. The van der Waals surface area contributed by atoms with Gasteiger partial charge in [0.15, 0.2) is 0 Å². The van der Waals surface area contributed by atoms with Gasteiger partial charge in [-0.1, -0.05) is 6.07 Å². The zero-order valence-electron chi connectivity index (χ0n) is 17.0. The molecule has 0 N–H and O–H groups in total. The average molecular weight is 413 g/mol. The van der Waals surface area contributed by atoms with Crippen molar-refractivity contribution in [3.8, 4) is 11.1 Å². The van der Waals surface area contributed by atoms with E-state index >= 15 is 0 Å². The first-order valence-electron chi connectivity index (χ1n) is 10.4. The summed E-state index contributed by atoms with van der Waals surface area (Å²) in [6.45, 7) is 1.53. The standard InChI is InChI=1S/C23H25F2N3O2/c1-27-8-9-28(23(27)30)21-6-3-15(4-7-21)22(29)13-20-5-2-16(14-26-20)17-10-18(24)12-19(25)11-17/h2,5,10-12,14-15,21H,3-4,6-9,13H2,1H3. The van der Waals surface area contributed by atoms with Gasteiger partial charge in [0.2, 0.25) is 0 Å². The van der Waals surface area contributed by atoms with Gasteiger partial charge in [0, 0.05) is 62.0 Å². The maximum atomic E-state index is 13.4. The zero-order chi connectivity index (χ0) is 21.3. The molecule has 2 aromatic rings. The second kappa shape index (κ2) is 8.50. The molecule has 1 aliphatic heterocycles. The molecular formula is C23H25F2N3O2. The number of hydrogen-bond donors (Lipinski definition) is 0. The van der Waals surface area contributed by atoms with Gasteiger partial charge in [0.05, 0.1) is 0 Å². The zero-order valence-corrected chi connectivity index (χ0v) is 17.0. The van der Waals surface area contributed by atoms with Gasteiger partial charge < -0.3 is 9.80 Å². The van der Waals surface area contributed by atoms with Gasteiger partial charge in [-0.05, 0) is 49.4 Å². The Balaban J connectivity index is 1.33. The number of ketones is 1. The number of carbonyl (C=O) groups excluding carboxylic acids is 2. The molecule has 5 nitrogen and oxygen atoms in total. The Bertz CT molecular complexity index is 920. The summed E-state index contributed by atoms with van der Waals surface area (Å²) in [6, 6.07) is 7.13. The van der Waals surface area contributed by atoms with Crippen molar-refractivity contribution < 1.29 is 18.4 Å². The second-order valence-electron chi connectivity index (χ2n) is 8.24. The summed E-state index contributed by atoms with van der Waals surface area (Å²) >= 11 is 0. The Morgan fingerprint density at radius 1 is 1.03 bits per heavy atom. The lowest BCUT2D eigenvalue weighted by molar-refractivity contribution is -0.123. The maximum Gasteiger partial charge on any atom is 0.320 e. The lowest BCUT2D eigenvalue weighted by Gasteiger charge is -2.33. The van der Waals surface area contributed by atoms with E-state index in [0.717, 1.165) is 44.8 Å². The molecule has 1 aromatic heterocycles. The summed E-state index contributed by atoms with van der Waals surface area (Å²) in [7, 11) is 1.82. The normalized spacial score (nSPS) is 21.9. The molecule has 0 spiro atoms. The van der Waals surface area contributed by atoms with Crippen LogP contribution in [0.4, 0.5) is 13.6 Å². The molecule has 2 fully saturated rings. The van der Waals surface area contributed by atoms with Gasteiger partial charge in [-0.3, -0.25) is 9.78 Å². The Labute approximate surface area is 174 Å². The number of pyridine rings is 1. The SMILES string of the molecule is CN1CCN(C2CCC(C(=O)Cc3ccc(-c4cc(F)cc(F)c4)cn3)CC2)C1=O. The molecular weight excluding hydrogens is 388 g/mol. The van der Waals surface area contributed by atoms with Crippen LogP contribution in [-0.2, 0) is 11.2 Å².